The number of hydrogen-bond acceptors (Lipinski definition) is 4. The van der Waals surface area contributed by atoms with E-state index in [-0.39, 0.29) is 34.0 Å². The van der Waals surface area contributed by atoms with Gasteiger partial charge in [0, 0.05) is 24.3 Å². The minimum Gasteiger partial charge on any atom is -1.00 e. The first-order valence-corrected chi connectivity index (χ1v) is 9.07. The third-order valence-corrected chi connectivity index (χ3v) is 4.56. The second-order valence-corrected chi connectivity index (χ2v) is 6.38. The molecule has 6 nitrogen and oxygen atoms in total. The lowest BCUT2D eigenvalue weighted by molar-refractivity contribution is -0.694. The van der Waals surface area contributed by atoms with Gasteiger partial charge in [0.1, 0.15) is 33.9 Å². The van der Waals surface area contributed by atoms with Crippen LogP contribution in [0.5, 0.6) is 11.5 Å². The molecule has 1 aromatic carbocycles. The van der Waals surface area contributed by atoms with Crippen molar-refractivity contribution < 1.29 is 52.6 Å². The highest BCUT2D eigenvalue weighted by atomic mass is 79.9. The van der Waals surface area contributed by atoms with Crippen molar-refractivity contribution in [3.63, 3.8) is 0 Å². The third kappa shape index (κ3) is 5.12. The molecule has 30 heavy (non-hydrogen) atoms. The smallest absolute Gasteiger partial charge is 0.192 e. The molecule has 0 radical (unpaired) electrons. The van der Waals surface area contributed by atoms with Crippen LogP contribution in [0.15, 0.2) is 73.3 Å². The normalized spacial score (nSPS) is 10.1. The Kier molecular flexibility index (Phi) is 8.68. The van der Waals surface area contributed by atoms with Gasteiger partial charge in [0.15, 0.2) is 37.9 Å². The summed E-state index contributed by atoms with van der Waals surface area (Å²) in [6.45, 7) is 1.24. The quantitative estimate of drug-likeness (QED) is 0.240. The van der Waals surface area contributed by atoms with Crippen LogP contribution in [-0.2, 0) is 13.1 Å². The maximum absolute atomic E-state index is 5.52. The Morgan fingerprint density at radius 2 is 1.00 bits per heavy atom. The number of fused-ring (bicyclic) bond motifs is 1. The SMILES string of the molecule is COc1ccc(OC)c2nc(C[n+]3ccccc3)c(C[n+]3ccccc3)nc12.[Br-].[Br-]. The Balaban J connectivity index is 0.00000160. The van der Waals surface area contributed by atoms with Crippen LogP contribution < -0.4 is 52.6 Å². The topological polar surface area (TPSA) is 52.0 Å². The summed E-state index contributed by atoms with van der Waals surface area (Å²) in [5.74, 6) is 1.36. The number of nitrogens with zero attached hydrogens (tertiary/aromatic N) is 4. The van der Waals surface area contributed by atoms with Gasteiger partial charge in [-0.2, -0.15) is 9.13 Å². The number of aromatic nitrogens is 4. The summed E-state index contributed by atoms with van der Waals surface area (Å²) < 4.78 is 15.2. The summed E-state index contributed by atoms with van der Waals surface area (Å²) in [7, 11) is 3.28. The minimum absolute atomic E-state index is 0. The highest BCUT2D eigenvalue weighted by molar-refractivity contribution is 5.86. The summed E-state index contributed by atoms with van der Waals surface area (Å²) in [6, 6.07) is 15.7. The van der Waals surface area contributed by atoms with E-state index in [1.165, 1.54) is 0 Å². The molecule has 0 aliphatic heterocycles. The zero-order valence-electron chi connectivity index (χ0n) is 16.7. The van der Waals surface area contributed by atoms with E-state index in [2.05, 4.69) is 9.13 Å². The predicted molar refractivity (Wildman–Crippen MR) is 104 cm³/mol. The van der Waals surface area contributed by atoms with Crippen LogP contribution in [0.4, 0.5) is 0 Å². The van der Waals surface area contributed by atoms with Gasteiger partial charge in [-0.1, -0.05) is 12.1 Å². The number of ether oxygens (including phenoxy) is 2. The van der Waals surface area contributed by atoms with Crippen LogP contribution in [0.1, 0.15) is 11.4 Å². The van der Waals surface area contributed by atoms with Gasteiger partial charge in [-0.05, 0) is 12.1 Å². The average molecular weight is 534 g/mol. The van der Waals surface area contributed by atoms with E-state index >= 15 is 0 Å². The van der Waals surface area contributed by atoms with E-state index in [4.69, 9.17) is 19.4 Å². The Labute approximate surface area is 196 Å². The van der Waals surface area contributed by atoms with Crippen molar-refractivity contribution >= 4 is 11.0 Å². The van der Waals surface area contributed by atoms with Gasteiger partial charge in [-0.15, -0.1) is 0 Å². The molecule has 4 aromatic rings. The molecule has 0 saturated heterocycles. The maximum Gasteiger partial charge on any atom is 0.192 e. The molecular weight excluding hydrogens is 512 g/mol. The molecule has 0 unspecified atom stereocenters. The molecule has 0 atom stereocenters. The summed E-state index contributed by atoms with van der Waals surface area (Å²) in [6.07, 6.45) is 8.09. The molecular formula is C22H22Br2N4O2. The predicted octanol–water partition coefficient (Wildman–Crippen LogP) is -3.67. The van der Waals surface area contributed by atoms with Crippen molar-refractivity contribution in [2.24, 2.45) is 0 Å². The van der Waals surface area contributed by atoms with Crippen molar-refractivity contribution in [1.82, 2.24) is 9.97 Å². The maximum atomic E-state index is 5.52. The Morgan fingerprint density at radius 3 is 1.33 bits per heavy atom. The van der Waals surface area contributed by atoms with Crippen molar-refractivity contribution in [3.05, 3.63) is 84.7 Å². The molecule has 0 spiro atoms. The fourth-order valence-corrected chi connectivity index (χ4v) is 3.17. The molecule has 156 valence electrons. The molecule has 0 N–H and O–H groups in total. The molecule has 0 bridgehead atoms. The van der Waals surface area contributed by atoms with Crippen LogP contribution >= 0.6 is 0 Å². The average Bonchev–Trinajstić information content (AvgIpc) is 2.75. The molecule has 3 heterocycles. The van der Waals surface area contributed by atoms with E-state index in [1.54, 1.807) is 14.2 Å². The highest BCUT2D eigenvalue weighted by Crippen LogP contribution is 2.31. The summed E-state index contributed by atoms with van der Waals surface area (Å²) in [5, 5.41) is 0. The molecule has 4 rings (SSSR count). The van der Waals surface area contributed by atoms with Crippen LogP contribution in [0.25, 0.3) is 11.0 Å². The summed E-state index contributed by atoms with van der Waals surface area (Å²) in [4.78, 5) is 9.89. The van der Waals surface area contributed by atoms with Gasteiger partial charge in [-0.25, -0.2) is 9.97 Å². The largest absolute Gasteiger partial charge is 1.00 e. The van der Waals surface area contributed by atoms with Gasteiger partial charge in [-0.3, -0.25) is 0 Å². The van der Waals surface area contributed by atoms with Gasteiger partial charge in [0.05, 0.1) is 14.2 Å². The molecule has 0 fully saturated rings. The number of hydrogen-bond donors (Lipinski definition) is 0. The van der Waals surface area contributed by atoms with E-state index in [0.29, 0.717) is 35.6 Å². The third-order valence-electron chi connectivity index (χ3n) is 4.56. The highest BCUT2D eigenvalue weighted by Gasteiger charge is 2.20. The lowest BCUT2D eigenvalue weighted by atomic mass is 10.2. The first-order valence-electron chi connectivity index (χ1n) is 9.07. The number of methoxy groups -OCH3 is 2. The van der Waals surface area contributed by atoms with E-state index in [0.717, 1.165) is 11.4 Å². The number of halogens is 2. The zero-order valence-corrected chi connectivity index (χ0v) is 19.9. The molecule has 8 heteroatoms. The van der Waals surface area contributed by atoms with Gasteiger partial charge in [0.25, 0.3) is 0 Å². The van der Waals surface area contributed by atoms with Crippen molar-refractivity contribution in [2.75, 3.05) is 14.2 Å². The van der Waals surface area contributed by atoms with E-state index in [1.807, 2.05) is 73.3 Å². The fourth-order valence-electron chi connectivity index (χ4n) is 3.17. The van der Waals surface area contributed by atoms with Crippen LogP contribution in [0, 0.1) is 0 Å². The Morgan fingerprint density at radius 1 is 0.633 bits per heavy atom. The Hall–Kier alpha value is -2.58. The number of rotatable bonds is 6. The lowest BCUT2D eigenvalue weighted by Crippen LogP contribution is -3.00. The minimum atomic E-state index is 0. The van der Waals surface area contributed by atoms with Crippen molar-refractivity contribution in [1.29, 1.82) is 0 Å². The zero-order chi connectivity index (χ0) is 19.3. The van der Waals surface area contributed by atoms with E-state index in [9.17, 15) is 0 Å². The number of benzene rings is 1. The fraction of sp³-hybridized carbons (Fsp3) is 0.182. The summed E-state index contributed by atoms with van der Waals surface area (Å²) in [5.41, 5.74) is 3.20. The number of pyridine rings is 2. The van der Waals surface area contributed by atoms with Crippen LogP contribution in [0.3, 0.4) is 0 Å². The Bertz CT molecular complexity index is 1010. The van der Waals surface area contributed by atoms with Crippen LogP contribution in [-0.4, -0.2) is 24.2 Å². The molecule has 0 saturated carbocycles. The second kappa shape index (κ2) is 11.0. The molecule has 0 aliphatic rings. The van der Waals surface area contributed by atoms with Gasteiger partial charge < -0.3 is 43.4 Å². The first-order chi connectivity index (χ1) is 13.8. The molecule has 3 aromatic heterocycles. The molecule has 0 aliphatic carbocycles. The van der Waals surface area contributed by atoms with Crippen molar-refractivity contribution in [3.8, 4) is 11.5 Å². The van der Waals surface area contributed by atoms with Crippen molar-refractivity contribution in [2.45, 2.75) is 13.1 Å². The lowest BCUT2D eigenvalue weighted by Gasteiger charge is -2.11. The van der Waals surface area contributed by atoms with Crippen LogP contribution in [0.2, 0.25) is 0 Å². The summed E-state index contributed by atoms with van der Waals surface area (Å²) >= 11 is 0. The monoisotopic (exact) mass is 532 g/mol. The molecule has 0 amide bonds. The van der Waals surface area contributed by atoms with Gasteiger partial charge in [0.2, 0.25) is 0 Å². The van der Waals surface area contributed by atoms with Gasteiger partial charge >= 0.3 is 0 Å². The first kappa shape index (κ1) is 23.7. The second-order valence-electron chi connectivity index (χ2n) is 6.38. The standard InChI is InChI=1S/C22H22N4O2.2BrH/c1-27-19-9-10-20(28-2)22-21(19)23-17(15-25-11-5-3-6-12-25)18(24-22)16-26-13-7-4-8-14-26;;/h3-14H,15-16H2,1-2H3;2*1H/q+2;;/p-2. The van der Waals surface area contributed by atoms with E-state index < -0.39 is 0 Å².